The first-order valence-corrected chi connectivity index (χ1v) is 8.85. The molecule has 0 bridgehead atoms. The van der Waals surface area contributed by atoms with Gasteiger partial charge in [-0.1, -0.05) is 10.4 Å². The van der Waals surface area contributed by atoms with Crippen molar-refractivity contribution in [2.75, 3.05) is 13.1 Å². The fraction of sp³-hybridized carbons (Fsp3) is 0.467. The van der Waals surface area contributed by atoms with Crippen LogP contribution in [0.25, 0.3) is 11.4 Å². The highest BCUT2D eigenvalue weighted by Gasteiger charge is 2.18. The van der Waals surface area contributed by atoms with Crippen LogP contribution in [0.15, 0.2) is 27.5 Å². The van der Waals surface area contributed by atoms with Crippen molar-refractivity contribution in [3.8, 4) is 11.4 Å². The van der Waals surface area contributed by atoms with E-state index in [1.807, 2.05) is 23.0 Å². The molecule has 0 atom stereocenters. The SMILES string of the molecule is OC1CCN(Cc2cn(Cc3nc(-c4ccsc4)no3)nn2)CC1. The lowest BCUT2D eigenvalue weighted by Gasteiger charge is -2.28. The summed E-state index contributed by atoms with van der Waals surface area (Å²) in [6.45, 7) is 2.93. The number of piperidine rings is 1. The number of rotatable bonds is 5. The van der Waals surface area contributed by atoms with E-state index in [0.29, 0.717) is 18.3 Å². The zero-order valence-corrected chi connectivity index (χ0v) is 13.9. The molecule has 0 spiro atoms. The van der Waals surface area contributed by atoms with Crippen molar-refractivity contribution in [2.45, 2.75) is 32.0 Å². The zero-order valence-electron chi connectivity index (χ0n) is 13.1. The van der Waals surface area contributed by atoms with Crippen molar-refractivity contribution in [1.82, 2.24) is 30.0 Å². The summed E-state index contributed by atoms with van der Waals surface area (Å²) in [6, 6.07) is 1.96. The van der Waals surface area contributed by atoms with Gasteiger partial charge in [-0.25, -0.2) is 4.68 Å². The molecule has 0 unspecified atom stereocenters. The third-order valence-electron chi connectivity index (χ3n) is 4.07. The van der Waals surface area contributed by atoms with Crippen LogP contribution < -0.4 is 0 Å². The lowest BCUT2D eigenvalue weighted by molar-refractivity contribution is 0.0786. The summed E-state index contributed by atoms with van der Waals surface area (Å²) in [5.41, 5.74) is 1.87. The Morgan fingerprint density at radius 1 is 1.29 bits per heavy atom. The number of aliphatic hydroxyl groups excluding tert-OH is 1. The zero-order chi connectivity index (χ0) is 16.4. The van der Waals surface area contributed by atoms with E-state index in [-0.39, 0.29) is 6.10 Å². The minimum absolute atomic E-state index is 0.160. The maximum Gasteiger partial charge on any atom is 0.248 e. The van der Waals surface area contributed by atoms with Crippen LogP contribution in [0.1, 0.15) is 24.4 Å². The highest BCUT2D eigenvalue weighted by atomic mass is 32.1. The van der Waals surface area contributed by atoms with Crippen molar-refractivity contribution in [3.63, 3.8) is 0 Å². The number of aliphatic hydroxyl groups is 1. The molecule has 0 aromatic carbocycles. The number of hydrogen-bond acceptors (Lipinski definition) is 8. The van der Waals surface area contributed by atoms with Crippen molar-refractivity contribution in [3.05, 3.63) is 34.6 Å². The number of nitrogens with zero attached hydrogens (tertiary/aromatic N) is 6. The van der Waals surface area contributed by atoms with Gasteiger partial charge in [0.1, 0.15) is 6.54 Å². The third kappa shape index (κ3) is 3.53. The van der Waals surface area contributed by atoms with Gasteiger partial charge in [0.15, 0.2) is 0 Å². The molecule has 3 aromatic heterocycles. The highest BCUT2D eigenvalue weighted by Crippen LogP contribution is 2.19. The summed E-state index contributed by atoms with van der Waals surface area (Å²) in [4.78, 5) is 6.66. The molecular formula is C15H18N6O2S. The summed E-state index contributed by atoms with van der Waals surface area (Å²) in [6.07, 6.45) is 3.38. The Kier molecular flexibility index (Phi) is 4.37. The first-order chi connectivity index (χ1) is 11.8. The van der Waals surface area contributed by atoms with Crippen molar-refractivity contribution < 1.29 is 9.63 Å². The number of thiophene rings is 1. The van der Waals surface area contributed by atoms with Gasteiger partial charge in [-0.2, -0.15) is 16.3 Å². The smallest absolute Gasteiger partial charge is 0.248 e. The second kappa shape index (κ2) is 6.80. The van der Waals surface area contributed by atoms with Crippen molar-refractivity contribution in [1.29, 1.82) is 0 Å². The first-order valence-electron chi connectivity index (χ1n) is 7.91. The van der Waals surface area contributed by atoms with Gasteiger partial charge in [0.25, 0.3) is 0 Å². The quantitative estimate of drug-likeness (QED) is 0.746. The normalized spacial score (nSPS) is 16.7. The summed E-state index contributed by atoms with van der Waals surface area (Å²) < 4.78 is 6.99. The van der Waals surface area contributed by atoms with Crippen LogP contribution in [0, 0.1) is 0 Å². The van der Waals surface area contributed by atoms with Crippen molar-refractivity contribution >= 4 is 11.3 Å². The Balaban J connectivity index is 1.37. The Morgan fingerprint density at radius 3 is 2.96 bits per heavy atom. The maximum absolute atomic E-state index is 9.55. The monoisotopic (exact) mass is 346 g/mol. The van der Waals surface area contributed by atoms with Gasteiger partial charge in [0.2, 0.25) is 11.7 Å². The largest absolute Gasteiger partial charge is 0.393 e. The van der Waals surface area contributed by atoms with E-state index in [1.165, 1.54) is 0 Å². The molecule has 4 rings (SSSR count). The van der Waals surface area contributed by atoms with E-state index in [4.69, 9.17) is 4.52 Å². The van der Waals surface area contributed by atoms with Crippen LogP contribution in [0.5, 0.6) is 0 Å². The second-order valence-corrected chi connectivity index (χ2v) is 6.72. The van der Waals surface area contributed by atoms with Crippen LogP contribution in [-0.2, 0) is 13.1 Å². The molecule has 1 aliphatic heterocycles. The van der Waals surface area contributed by atoms with Crippen LogP contribution in [0.2, 0.25) is 0 Å². The predicted molar refractivity (Wildman–Crippen MR) is 87.3 cm³/mol. The minimum atomic E-state index is -0.160. The summed E-state index contributed by atoms with van der Waals surface area (Å²) >= 11 is 1.60. The third-order valence-corrected chi connectivity index (χ3v) is 4.76. The average molecular weight is 346 g/mol. The lowest BCUT2D eigenvalue weighted by atomic mass is 10.1. The summed E-state index contributed by atoms with van der Waals surface area (Å²) in [7, 11) is 0. The van der Waals surface area contributed by atoms with E-state index in [1.54, 1.807) is 16.0 Å². The lowest BCUT2D eigenvalue weighted by Crippen LogP contribution is -2.35. The van der Waals surface area contributed by atoms with E-state index in [9.17, 15) is 5.11 Å². The van der Waals surface area contributed by atoms with E-state index < -0.39 is 0 Å². The van der Waals surface area contributed by atoms with E-state index in [2.05, 4.69) is 25.4 Å². The van der Waals surface area contributed by atoms with Crippen LogP contribution in [0.4, 0.5) is 0 Å². The number of hydrogen-bond donors (Lipinski definition) is 1. The van der Waals surface area contributed by atoms with E-state index >= 15 is 0 Å². The Bertz CT molecular complexity index is 776. The van der Waals surface area contributed by atoms with Crippen LogP contribution in [0.3, 0.4) is 0 Å². The molecule has 0 aliphatic carbocycles. The Hall–Kier alpha value is -2.10. The fourth-order valence-corrected chi connectivity index (χ4v) is 3.40. The molecule has 0 radical (unpaired) electrons. The van der Waals surface area contributed by atoms with Gasteiger partial charge in [-0.05, 0) is 24.3 Å². The highest BCUT2D eigenvalue weighted by molar-refractivity contribution is 7.08. The molecule has 1 aliphatic rings. The number of likely N-dealkylation sites (tertiary alicyclic amines) is 1. The van der Waals surface area contributed by atoms with Gasteiger partial charge in [0.05, 0.1) is 18.0 Å². The number of aromatic nitrogens is 5. The molecule has 1 N–H and O–H groups in total. The predicted octanol–water partition coefficient (Wildman–Crippen LogP) is 1.39. The Labute approximate surface area is 142 Å². The van der Waals surface area contributed by atoms with Crippen molar-refractivity contribution in [2.24, 2.45) is 0 Å². The van der Waals surface area contributed by atoms with Gasteiger partial charge in [-0.3, -0.25) is 4.90 Å². The van der Waals surface area contributed by atoms with Gasteiger partial charge in [-0.15, -0.1) is 5.10 Å². The van der Waals surface area contributed by atoms with Gasteiger partial charge in [0, 0.05) is 30.6 Å². The fourth-order valence-electron chi connectivity index (χ4n) is 2.76. The average Bonchev–Trinajstić information content (AvgIpc) is 3.32. The molecule has 1 fully saturated rings. The van der Waals surface area contributed by atoms with Crippen LogP contribution >= 0.6 is 11.3 Å². The molecule has 0 amide bonds. The maximum atomic E-state index is 9.55. The first kappa shape index (κ1) is 15.4. The molecule has 9 heteroatoms. The molecule has 126 valence electrons. The molecule has 24 heavy (non-hydrogen) atoms. The molecule has 0 saturated carbocycles. The van der Waals surface area contributed by atoms with E-state index in [0.717, 1.165) is 43.7 Å². The summed E-state index contributed by atoms with van der Waals surface area (Å²) in [5.74, 6) is 1.10. The molecule has 1 saturated heterocycles. The van der Waals surface area contributed by atoms with Gasteiger partial charge >= 0.3 is 0 Å². The molecule has 8 nitrogen and oxygen atoms in total. The second-order valence-electron chi connectivity index (χ2n) is 5.94. The standard InChI is InChI=1S/C15H18N6O2S/c22-13-1-4-20(5-2-13)7-12-8-21(19-17-12)9-14-16-15(18-23-14)11-3-6-24-10-11/h3,6,8,10,13,22H,1-2,4-5,7,9H2. The topological polar surface area (TPSA) is 93.1 Å². The van der Waals surface area contributed by atoms with Gasteiger partial charge < -0.3 is 9.63 Å². The molecule has 4 heterocycles. The van der Waals surface area contributed by atoms with Crippen LogP contribution in [-0.4, -0.2) is 54.3 Å². The Morgan fingerprint density at radius 2 is 2.17 bits per heavy atom. The molecule has 3 aromatic rings. The molecular weight excluding hydrogens is 328 g/mol. The summed E-state index contributed by atoms with van der Waals surface area (Å²) in [5, 5.41) is 25.8. The minimum Gasteiger partial charge on any atom is -0.393 e.